The fourth-order valence-corrected chi connectivity index (χ4v) is 4.47. The number of benzene rings is 3. The molecule has 0 aliphatic rings. The van der Waals surface area contributed by atoms with E-state index in [0.717, 1.165) is 10.6 Å². The normalized spacial score (nSPS) is 11.1. The van der Waals surface area contributed by atoms with E-state index in [1.54, 1.807) is 12.1 Å². The topological polar surface area (TPSA) is 61.2 Å². The largest absolute Gasteiger partial charge is 0.458 e. The van der Waals surface area contributed by atoms with Crippen molar-refractivity contribution in [1.29, 1.82) is 0 Å². The van der Waals surface area contributed by atoms with Gasteiger partial charge in [0.15, 0.2) is 5.43 Å². The first-order valence-electron chi connectivity index (χ1n) is 9.86. The number of hydrogen-bond acceptors (Lipinski definition) is 5. The number of fused-ring (bicyclic) bond motifs is 2. The second-order valence-electron chi connectivity index (χ2n) is 7.12. The summed E-state index contributed by atoms with van der Waals surface area (Å²) in [5.74, 6) is -0.381. The lowest BCUT2D eigenvalue weighted by atomic mass is 10.1. The molecule has 0 atom stereocenters. The molecule has 2 aromatic heterocycles. The van der Waals surface area contributed by atoms with Gasteiger partial charge < -0.3 is 9.30 Å². The van der Waals surface area contributed by atoms with E-state index in [9.17, 15) is 9.59 Å². The molecule has 152 valence electrons. The Hall–Kier alpha value is -3.77. The van der Waals surface area contributed by atoms with Gasteiger partial charge in [0.25, 0.3) is 0 Å². The first-order chi connectivity index (χ1) is 15.2. The van der Waals surface area contributed by atoms with Crippen LogP contribution in [0.5, 0.6) is 0 Å². The van der Waals surface area contributed by atoms with Crippen LogP contribution in [0, 0.1) is 0 Å². The van der Waals surface area contributed by atoms with Gasteiger partial charge in [0, 0.05) is 21.7 Å². The minimum atomic E-state index is -0.381. The van der Waals surface area contributed by atoms with Crippen molar-refractivity contribution < 1.29 is 9.53 Å². The van der Waals surface area contributed by atoms with Crippen LogP contribution in [-0.4, -0.2) is 15.5 Å². The summed E-state index contributed by atoms with van der Waals surface area (Å²) in [6.07, 6.45) is 0. The van der Waals surface area contributed by atoms with Crippen LogP contribution in [-0.2, 0) is 22.7 Å². The molecular weight excluding hydrogens is 408 g/mol. The van der Waals surface area contributed by atoms with Gasteiger partial charge in [-0.25, -0.2) is 4.98 Å². The number of hydrogen-bond donors (Lipinski definition) is 0. The molecule has 0 amide bonds. The molecule has 5 rings (SSSR count). The molecule has 0 aliphatic heterocycles. The zero-order chi connectivity index (χ0) is 21.2. The van der Waals surface area contributed by atoms with E-state index in [1.807, 2.05) is 76.7 Å². The average Bonchev–Trinajstić information content (AvgIpc) is 3.30. The van der Waals surface area contributed by atoms with Crippen molar-refractivity contribution in [1.82, 2.24) is 9.55 Å². The van der Waals surface area contributed by atoms with E-state index in [1.165, 1.54) is 11.3 Å². The van der Waals surface area contributed by atoms with Crippen LogP contribution in [0.3, 0.4) is 0 Å². The maximum Gasteiger partial charge on any atom is 0.326 e. The van der Waals surface area contributed by atoms with Crippen LogP contribution in [0.25, 0.3) is 32.4 Å². The number of aromatic nitrogens is 2. The Bertz CT molecular complexity index is 1390. The summed E-state index contributed by atoms with van der Waals surface area (Å²) < 4.78 is 7.35. The van der Waals surface area contributed by atoms with Crippen molar-refractivity contribution in [3.63, 3.8) is 0 Å². The van der Waals surface area contributed by atoms with Crippen LogP contribution in [0.1, 0.15) is 5.69 Å². The number of ether oxygens (including phenoxy) is 1. The lowest BCUT2D eigenvalue weighted by Crippen LogP contribution is -2.18. The number of carbonyl (C=O) groups excluding carboxylic acids is 1. The zero-order valence-electron chi connectivity index (χ0n) is 16.5. The van der Waals surface area contributed by atoms with Crippen molar-refractivity contribution >= 4 is 39.1 Å². The summed E-state index contributed by atoms with van der Waals surface area (Å²) in [6, 6.07) is 24.5. The molecule has 5 nitrogen and oxygen atoms in total. The standard InChI is InChI=1S/C25H18N2O3S/c28-23(30-15-18-16-31-25(26-18)17-8-2-1-3-9-17)14-27-21-12-6-4-10-19(21)24(29)20-11-5-7-13-22(20)27/h1-13,16H,14-15H2. The third kappa shape index (κ3) is 3.73. The predicted octanol–water partition coefficient (Wildman–Crippen LogP) is 5.02. The van der Waals surface area contributed by atoms with Crippen molar-refractivity contribution in [3.8, 4) is 10.6 Å². The highest BCUT2D eigenvalue weighted by atomic mass is 32.1. The molecular formula is C25H18N2O3S. The van der Waals surface area contributed by atoms with Crippen molar-refractivity contribution in [2.75, 3.05) is 0 Å². The quantitative estimate of drug-likeness (QED) is 0.292. The summed E-state index contributed by atoms with van der Waals surface area (Å²) in [5.41, 5.74) is 3.14. The SMILES string of the molecule is O=C(Cn1c2ccccc2c(=O)c2ccccc21)OCc1csc(-c2ccccc2)n1. The van der Waals surface area contributed by atoms with Gasteiger partial charge in [-0.1, -0.05) is 54.6 Å². The highest BCUT2D eigenvalue weighted by Crippen LogP contribution is 2.24. The van der Waals surface area contributed by atoms with E-state index in [0.29, 0.717) is 27.5 Å². The molecule has 0 saturated carbocycles. The number of rotatable bonds is 5. The fourth-order valence-electron chi connectivity index (χ4n) is 3.66. The van der Waals surface area contributed by atoms with Crippen LogP contribution in [0.2, 0.25) is 0 Å². The van der Waals surface area contributed by atoms with E-state index >= 15 is 0 Å². The van der Waals surface area contributed by atoms with Crippen molar-refractivity contribution in [3.05, 3.63) is 100 Å². The van der Waals surface area contributed by atoms with E-state index in [-0.39, 0.29) is 24.5 Å². The number of carbonyl (C=O) groups is 1. The van der Waals surface area contributed by atoms with Crippen LogP contribution in [0.4, 0.5) is 0 Å². The molecule has 2 heterocycles. The van der Waals surface area contributed by atoms with Gasteiger partial charge in [0.05, 0.1) is 16.7 Å². The average molecular weight is 426 g/mol. The maximum absolute atomic E-state index is 12.8. The molecule has 0 spiro atoms. The summed E-state index contributed by atoms with van der Waals surface area (Å²) in [6.45, 7) is 0.120. The first-order valence-corrected chi connectivity index (χ1v) is 10.7. The number of thiazole rings is 1. The second kappa shape index (κ2) is 8.16. The van der Waals surface area contributed by atoms with Gasteiger partial charge in [-0.15, -0.1) is 11.3 Å². The molecule has 3 aromatic carbocycles. The lowest BCUT2D eigenvalue weighted by Gasteiger charge is -2.14. The molecule has 0 radical (unpaired) electrons. The third-order valence-corrected chi connectivity index (χ3v) is 6.06. The summed E-state index contributed by atoms with van der Waals surface area (Å²) in [4.78, 5) is 30.1. The Morgan fingerprint density at radius 3 is 2.16 bits per heavy atom. The van der Waals surface area contributed by atoms with Crippen LogP contribution < -0.4 is 5.43 Å². The molecule has 0 bridgehead atoms. The Kier molecular flexibility index (Phi) is 5.06. The van der Waals surface area contributed by atoms with Crippen LogP contribution >= 0.6 is 11.3 Å². The first kappa shape index (κ1) is 19.2. The minimum absolute atomic E-state index is 0.0109. The lowest BCUT2D eigenvalue weighted by molar-refractivity contribution is -0.145. The van der Waals surface area contributed by atoms with Gasteiger partial charge in [-0.2, -0.15) is 0 Å². The molecule has 0 fully saturated rings. The van der Waals surface area contributed by atoms with Gasteiger partial charge >= 0.3 is 5.97 Å². The smallest absolute Gasteiger partial charge is 0.326 e. The van der Waals surface area contributed by atoms with E-state index in [4.69, 9.17) is 4.74 Å². The van der Waals surface area contributed by atoms with Gasteiger partial charge in [-0.3, -0.25) is 9.59 Å². The zero-order valence-corrected chi connectivity index (χ0v) is 17.3. The van der Waals surface area contributed by atoms with Crippen molar-refractivity contribution in [2.45, 2.75) is 13.2 Å². The predicted molar refractivity (Wildman–Crippen MR) is 123 cm³/mol. The van der Waals surface area contributed by atoms with E-state index in [2.05, 4.69) is 4.98 Å². The molecule has 6 heteroatoms. The summed E-state index contributed by atoms with van der Waals surface area (Å²) >= 11 is 1.52. The monoisotopic (exact) mass is 426 g/mol. The number of pyridine rings is 1. The van der Waals surface area contributed by atoms with E-state index < -0.39 is 0 Å². The number of nitrogens with zero attached hydrogens (tertiary/aromatic N) is 2. The van der Waals surface area contributed by atoms with Crippen molar-refractivity contribution in [2.24, 2.45) is 0 Å². The number of esters is 1. The number of para-hydroxylation sites is 2. The third-order valence-electron chi connectivity index (χ3n) is 5.12. The summed E-state index contributed by atoms with van der Waals surface area (Å²) in [5, 5.41) is 3.96. The molecule has 0 N–H and O–H groups in total. The fraction of sp³-hybridized carbons (Fsp3) is 0.0800. The Morgan fingerprint density at radius 2 is 1.48 bits per heavy atom. The minimum Gasteiger partial charge on any atom is -0.458 e. The highest BCUT2D eigenvalue weighted by molar-refractivity contribution is 7.13. The molecule has 0 unspecified atom stereocenters. The molecule has 0 aliphatic carbocycles. The van der Waals surface area contributed by atoms with Gasteiger partial charge in [0.1, 0.15) is 18.2 Å². The Morgan fingerprint density at radius 1 is 0.871 bits per heavy atom. The van der Waals surface area contributed by atoms with Gasteiger partial charge in [0.2, 0.25) is 0 Å². The van der Waals surface area contributed by atoms with Gasteiger partial charge in [-0.05, 0) is 24.3 Å². The maximum atomic E-state index is 12.8. The Labute approximate surface area is 182 Å². The Balaban J connectivity index is 1.39. The summed E-state index contributed by atoms with van der Waals surface area (Å²) in [7, 11) is 0. The highest BCUT2D eigenvalue weighted by Gasteiger charge is 2.14. The molecule has 0 saturated heterocycles. The second-order valence-corrected chi connectivity index (χ2v) is 7.98. The van der Waals surface area contributed by atoms with Crippen LogP contribution in [0.15, 0.2) is 89.0 Å². The molecule has 31 heavy (non-hydrogen) atoms. The molecule has 5 aromatic rings.